The van der Waals surface area contributed by atoms with Crippen LogP contribution in [0.5, 0.6) is 0 Å². The van der Waals surface area contributed by atoms with Crippen LogP contribution in [0.2, 0.25) is 0 Å². The van der Waals surface area contributed by atoms with Crippen molar-refractivity contribution in [2.24, 2.45) is 11.7 Å². The maximum absolute atomic E-state index is 12.4. The van der Waals surface area contributed by atoms with E-state index in [0.717, 1.165) is 19.5 Å². The summed E-state index contributed by atoms with van der Waals surface area (Å²) in [7, 11) is 0. The van der Waals surface area contributed by atoms with Gasteiger partial charge < -0.3 is 11.1 Å². The van der Waals surface area contributed by atoms with Gasteiger partial charge in [0.15, 0.2) is 0 Å². The number of nitrogens with two attached hydrogens (primary N) is 1. The summed E-state index contributed by atoms with van der Waals surface area (Å²) in [6.45, 7) is 1.62. The van der Waals surface area contributed by atoms with Crippen LogP contribution in [0.25, 0.3) is 0 Å². The summed E-state index contributed by atoms with van der Waals surface area (Å²) >= 11 is 0. The van der Waals surface area contributed by atoms with Crippen molar-refractivity contribution in [1.29, 1.82) is 5.41 Å². The first-order chi connectivity index (χ1) is 5.25. The first-order valence-electron chi connectivity index (χ1n) is 3.62. The molecule has 1 fully saturated rings. The summed E-state index contributed by atoms with van der Waals surface area (Å²) in [5.74, 6) is -0.807. The first-order valence-corrected chi connectivity index (χ1v) is 3.62. The Kier molecular flexibility index (Phi) is 2.59. The molecule has 0 saturated carbocycles. The Bertz CT molecular complexity index is 182. The fourth-order valence-electron chi connectivity index (χ4n) is 1.31. The molecule has 0 bridgehead atoms. The van der Waals surface area contributed by atoms with Crippen LogP contribution in [-0.4, -0.2) is 19.1 Å². The Labute approximate surface area is 65.0 Å². The van der Waals surface area contributed by atoms with Crippen LogP contribution in [0.1, 0.15) is 6.42 Å². The SMILES string of the molecule is N=C(F)/C(=C\N)C1CCNC1. The quantitative estimate of drug-likeness (QED) is 0.507. The van der Waals surface area contributed by atoms with E-state index in [2.05, 4.69) is 5.32 Å². The highest BCUT2D eigenvalue weighted by molar-refractivity contribution is 5.90. The molecule has 0 aliphatic carbocycles. The largest absolute Gasteiger partial charge is 0.404 e. The highest BCUT2D eigenvalue weighted by Crippen LogP contribution is 2.18. The fraction of sp³-hybridized carbons (Fsp3) is 0.571. The predicted octanol–water partition coefficient (Wildman–Crippen LogP) is 0.385. The average molecular weight is 157 g/mol. The smallest absolute Gasteiger partial charge is 0.210 e. The second kappa shape index (κ2) is 3.48. The fourth-order valence-corrected chi connectivity index (χ4v) is 1.31. The molecule has 3 nitrogen and oxygen atoms in total. The summed E-state index contributed by atoms with van der Waals surface area (Å²) in [6, 6.07) is 0. The molecule has 4 heteroatoms. The van der Waals surface area contributed by atoms with Gasteiger partial charge in [-0.2, -0.15) is 4.39 Å². The van der Waals surface area contributed by atoms with E-state index in [-0.39, 0.29) is 5.92 Å². The van der Waals surface area contributed by atoms with Crippen LogP contribution in [0, 0.1) is 11.3 Å². The zero-order valence-electron chi connectivity index (χ0n) is 6.23. The van der Waals surface area contributed by atoms with Crippen LogP contribution in [0.3, 0.4) is 0 Å². The molecular formula is C7H12FN3. The minimum atomic E-state index is -0.902. The van der Waals surface area contributed by atoms with E-state index in [1.165, 1.54) is 6.20 Å². The van der Waals surface area contributed by atoms with E-state index in [9.17, 15) is 4.39 Å². The monoisotopic (exact) mass is 157 g/mol. The molecule has 1 atom stereocenters. The minimum absolute atomic E-state index is 0.0949. The van der Waals surface area contributed by atoms with E-state index in [0.29, 0.717) is 5.57 Å². The van der Waals surface area contributed by atoms with Crippen molar-refractivity contribution in [3.8, 4) is 0 Å². The molecule has 0 spiro atoms. The molecule has 1 saturated heterocycles. The van der Waals surface area contributed by atoms with Gasteiger partial charge >= 0.3 is 0 Å². The third-order valence-corrected chi connectivity index (χ3v) is 1.93. The summed E-state index contributed by atoms with van der Waals surface area (Å²) in [4.78, 5) is 0. The molecule has 11 heavy (non-hydrogen) atoms. The summed E-state index contributed by atoms with van der Waals surface area (Å²) in [5.41, 5.74) is 5.51. The Morgan fingerprint density at radius 2 is 2.45 bits per heavy atom. The Morgan fingerprint density at radius 1 is 1.73 bits per heavy atom. The maximum atomic E-state index is 12.4. The molecule has 0 aromatic heterocycles. The lowest BCUT2D eigenvalue weighted by atomic mass is 10.00. The molecule has 1 aliphatic rings. The summed E-state index contributed by atoms with van der Waals surface area (Å²) < 4.78 is 12.4. The molecule has 62 valence electrons. The number of halogens is 1. The second-order valence-corrected chi connectivity index (χ2v) is 2.63. The molecule has 0 aromatic carbocycles. The molecular weight excluding hydrogens is 145 g/mol. The zero-order chi connectivity index (χ0) is 8.27. The van der Waals surface area contributed by atoms with Crippen molar-refractivity contribution in [3.63, 3.8) is 0 Å². The molecule has 0 aromatic rings. The number of hydrogen-bond acceptors (Lipinski definition) is 3. The van der Waals surface area contributed by atoms with Gasteiger partial charge in [-0.05, 0) is 13.0 Å². The number of nitrogens with one attached hydrogen (secondary N) is 2. The van der Waals surface area contributed by atoms with Gasteiger partial charge in [-0.1, -0.05) is 0 Å². The lowest BCUT2D eigenvalue weighted by molar-refractivity contribution is 0.671. The van der Waals surface area contributed by atoms with Crippen molar-refractivity contribution in [1.82, 2.24) is 5.32 Å². The molecule has 1 heterocycles. The van der Waals surface area contributed by atoms with Crippen molar-refractivity contribution in [3.05, 3.63) is 11.8 Å². The zero-order valence-corrected chi connectivity index (χ0v) is 6.23. The van der Waals surface area contributed by atoms with Crippen molar-refractivity contribution in [2.75, 3.05) is 13.1 Å². The summed E-state index contributed by atoms with van der Waals surface area (Å²) in [5, 5.41) is 9.86. The van der Waals surface area contributed by atoms with E-state index in [1.807, 2.05) is 0 Å². The van der Waals surface area contributed by atoms with Crippen LogP contribution in [0.4, 0.5) is 4.39 Å². The lowest BCUT2D eigenvalue weighted by Gasteiger charge is -2.08. The van der Waals surface area contributed by atoms with Crippen LogP contribution in [0.15, 0.2) is 11.8 Å². The normalized spacial score (nSPS) is 25.5. The first kappa shape index (κ1) is 8.20. The molecule has 1 rings (SSSR count). The standard InChI is InChI=1S/C7H12FN3/c8-7(10)6(3-9)5-1-2-11-4-5/h3,5,10-11H,1-2,4,9H2/b6-3-,10-7?. The number of hydrogen-bond donors (Lipinski definition) is 3. The second-order valence-electron chi connectivity index (χ2n) is 2.63. The van der Waals surface area contributed by atoms with Crippen molar-refractivity contribution in [2.45, 2.75) is 6.42 Å². The molecule has 0 amide bonds. The molecule has 1 unspecified atom stereocenters. The third-order valence-electron chi connectivity index (χ3n) is 1.93. The van der Waals surface area contributed by atoms with E-state index < -0.39 is 5.97 Å². The minimum Gasteiger partial charge on any atom is -0.404 e. The third kappa shape index (κ3) is 1.77. The molecule has 4 N–H and O–H groups in total. The van der Waals surface area contributed by atoms with Crippen molar-refractivity contribution < 1.29 is 4.39 Å². The highest BCUT2D eigenvalue weighted by Gasteiger charge is 2.21. The van der Waals surface area contributed by atoms with Gasteiger partial charge in [-0.15, -0.1) is 0 Å². The van der Waals surface area contributed by atoms with E-state index >= 15 is 0 Å². The summed E-state index contributed by atoms with van der Waals surface area (Å²) in [6.07, 6.45) is 2.06. The van der Waals surface area contributed by atoms with Gasteiger partial charge in [-0.3, -0.25) is 5.41 Å². The van der Waals surface area contributed by atoms with E-state index in [4.69, 9.17) is 11.1 Å². The van der Waals surface area contributed by atoms with Gasteiger partial charge in [0.25, 0.3) is 0 Å². The highest BCUT2D eigenvalue weighted by atomic mass is 19.1. The molecule has 0 radical (unpaired) electrons. The van der Waals surface area contributed by atoms with Gasteiger partial charge in [-0.25, -0.2) is 0 Å². The maximum Gasteiger partial charge on any atom is 0.210 e. The number of rotatable bonds is 2. The van der Waals surface area contributed by atoms with Crippen LogP contribution >= 0.6 is 0 Å². The Hall–Kier alpha value is -0.900. The van der Waals surface area contributed by atoms with Gasteiger partial charge in [0, 0.05) is 24.2 Å². The molecule has 1 aliphatic heterocycles. The topological polar surface area (TPSA) is 61.9 Å². The Balaban J connectivity index is 2.62. The van der Waals surface area contributed by atoms with Crippen LogP contribution < -0.4 is 11.1 Å². The Morgan fingerprint density at radius 3 is 2.82 bits per heavy atom. The predicted molar refractivity (Wildman–Crippen MR) is 42.1 cm³/mol. The van der Waals surface area contributed by atoms with Gasteiger partial charge in [0.05, 0.1) is 0 Å². The van der Waals surface area contributed by atoms with Crippen LogP contribution in [-0.2, 0) is 0 Å². The lowest BCUT2D eigenvalue weighted by Crippen LogP contribution is -2.14. The van der Waals surface area contributed by atoms with Crippen molar-refractivity contribution >= 4 is 5.97 Å². The average Bonchev–Trinajstić information content (AvgIpc) is 2.40. The van der Waals surface area contributed by atoms with Gasteiger partial charge in [0.2, 0.25) is 5.97 Å². The van der Waals surface area contributed by atoms with Gasteiger partial charge in [0.1, 0.15) is 0 Å². The van der Waals surface area contributed by atoms with E-state index in [1.54, 1.807) is 0 Å².